The van der Waals surface area contributed by atoms with Gasteiger partial charge < -0.3 is 14.7 Å². The van der Waals surface area contributed by atoms with Gasteiger partial charge in [-0.3, -0.25) is 4.79 Å². The molecular formula is C22H26BrNO3. The first kappa shape index (κ1) is 21.2. The van der Waals surface area contributed by atoms with E-state index in [1.54, 1.807) is 7.11 Å². The fourth-order valence-corrected chi connectivity index (χ4v) is 3.59. The standard InChI is InChI=1S/C22H26BrNO3/c1-5-18(13-25)22(23)20-9-8-19(27-4)11-21(20)24(14-26)12-17-7-6-15(2)16(3)10-17/h6-11,13,26H,5,12,14H2,1-4H3/b22-18-. The van der Waals surface area contributed by atoms with Crippen LogP contribution in [0.2, 0.25) is 0 Å². The first-order valence-corrected chi connectivity index (χ1v) is 9.68. The second kappa shape index (κ2) is 9.72. The zero-order valence-electron chi connectivity index (χ0n) is 16.3. The third-order valence-corrected chi connectivity index (χ3v) is 5.64. The van der Waals surface area contributed by atoms with Gasteiger partial charge >= 0.3 is 0 Å². The number of aryl methyl sites for hydroxylation is 2. The molecule has 5 heteroatoms. The van der Waals surface area contributed by atoms with E-state index in [4.69, 9.17) is 4.74 Å². The topological polar surface area (TPSA) is 49.8 Å². The monoisotopic (exact) mass is 431 g/mol. The van der Waals surface area contributed by atoms with Gasteiger partial charge in [0.2, 0.25) is 0 Å². The average Bonchev–Trinajstić information content (AvgIpc) is 2.69. The van der Waals surface area contributed by atoms with Crippen LogP contribution in [0.1, 0.15) is 35.6 Å². The van der Waals surface area contributed by atoms with Crippen molar-refractivity contribution in [3.8, 4) is 5.75 Å². The second-order valence-corrected chi connectivity index (χ2v) is 7.24. The molecule has 2 aromatic carbocycles. The van der Waals surface area contributed by atoms with Gasteiger partial charge in [0.1, 0.15) is 18.8 Å². The highest BCUT2D eigenvalue weighted by atomic mass is 79.9. The van der Waals surface area contributed by atoms with Crippen LogP contribution in [-0.4, -0.2) is 25.2 Å². The Bertz CT molecular complexity index is 845. The summed E-state index contributed by atoms with van der Waals surface area (Å²) in [5.41, 5.74) is 5.87. The van der Waals surface area contributed by atoms with E-state index in [0.717, 1.165) is 27.6 Å². The summed E-state index contributed by atoms with van der Waals surface area (Å²) in [5, 5.41) is 10.1. The molecule has 2 rings (SSSR count). The first-order valence-electron chi connectivity index (χ1n) is 8.89. The molecule has 0 radical (unpaired) electrons. The molecule has 0 amide bonds. The molecule has 0 unspecified atom stereocenters. The first-order chi connectivity index (χ1) is 12.9. The van der Waals surface area contributed by atoms with Crippen LogP contribution in [-0.2, 0) is 11.3 Å². The Morgan fingerprint density at radius 2 is 1.93 bits per heavy atom. The van der Waals surface area contributed by atoms with Gasteiger partial charge in [0.15, 0.2) is 0 Å². The number of aldehydes is 1. The van der Waals surface area contributed by atoms with Crippen molar-refractivity contribution in [1.29, 1.82) is 0 Å². The third-order valence-electron chi connectivity index (χ3n) is 4.70. The molecule has 144 valence electrons. The molecule has 0 bridgehead atoms. The van der Waals surface area contributed by atoms with Gasteiger partial charge in [-0.05, 0) is 65.0 Å². The minimum absolute atomic E-state index is 0.157. The lowest BCUT2D eigenvalue weighted by atomic mass is 10.0. The highest BCUT2D eigenvalue weighted by Crippen LogP contribution is 2.37. The fourth-order valence-electron chi connectivity index (χ4n) is 2.88. The van der Waals surface area contributed by atoms with Gasteiger partial charge in [-0.25, -0.2) is 0 Å². The number of aliphatic hydroxyl groups excluding tert-OH is 1. The van der Waals surface area contributed by atoms with Crippen LogP contribution in [0.5, 0.6) is 5.75 Å². The Balaban J connectivity index is 2.53. The highest BCUT2D eigenvalue weighted by Gasteiger charge is 2.17. The summed E-state index contributed by atoms with van der Waals surface area (Å²) in [6.07, 6.45) is 1.48. The summed E-state index contributed by atoms with van der Waals surface area (Å²) in [5.74, 6) is 0.691. The Morgan fingerprint density at radius 1 is 1.19 bits per heavy atom. The van der Waals surface area contributed by atoms with Crippen molar-refractivity contribution in [3.05, 3.63) is 64.2 Å². The second-order valence-electron chi connectivity index (χ2n) is 6.45. The molecule has 0 aliphatic carbocycles. The van der Waals surface area contributed by atoms with Crippen LogP contribution >= 0.6 is 15.9 Å². The maximum absolute atomic E-state index is 11.4. The quantitative estimate of drug-likeness (QED) is 0.363. The number of methoxy groups -OCH3 is 1. The van der Waals surface area contributed by atoms with E-state index in [-0.39, 0.29) is 6.73 Å². The lowest BCUT2D eigenvalue weighted by Gasteiger charge is -2.26. The number of hydrogen-bond donors (Lipinski definition) is 1. The Hall–Kier alpha value is -2.11. The third kappa shape index (κ3) is 4.99. The number of allylic oxidation sites excluding steroid dienone is 1. The largest absolute Gasteiger partial charge is 0.497 e. The van der Waals surface area contributed by atoms with Crippen LogP contribution < -0.4 is 9.64 Å². The Morgan fingerprint density at radius 3 is 2.48 bits per heavy atom. The fraction of sp³-hybridized carbons (Fsp3) is 0.318. The lowest BCUT2D eigenvalue weighted by molar-refractivity contribution is -0.104. The van der Waals surface area contributed by atoms with Gasteiger partial charge in [0.25, 0.3) is 0 Å². The summed E-state index contributed by atoms with van der Waals surface area (Å²) in [7, 11) is 1.61. The summed E-state index contributed by atoms with van der Waals surface area (Å²) in [6, 6.07) is 11.9. The number of nitrogens with zero attached hydrogens (tertiary/aromatic N) is 1. The number of halogens is 1. The molecule has 0 saturated carbocycles. The molecule has 0 aliphatic heterocycles. The number of ether oxygens (including phenoxy) is 1. The SMILES string of the molecule is CC/C(C=O)=C(/Br)c1ccc(OC)cc1N(CO)Cc1ccc(C)c(C)c1. The molecule has 0 atom stereocenters. The summed E-state index contributed by atoms with van der Waals surface area (Å²) in [4.78, 5) is 13.3. The molecular weight excluding hydrogens is 406 g/mol. The molecule has 27 heavy (non-hydrogen) atoms. The summed E-state index contributed by atoms with van der Waals surface area (Å²) in [6.45, 7) is 6.48. The van der Waals surface area contributed by atoms with Crippen LogP contribution in [0.15, 0.2) is 42.0 Å². The number of aliphatic hydroxyl groups is 1. The molecule has 0 saturated heterocycles. The van der Waals surface area contributed by atoms with E-state index in [0.29, 0.717) is 24.3 Å². The normalized spacial score (nSPS) is 11.8. The molecule has 0 spiro atoms. The van der Waals surface area contributed by atoms with Gasteiger partial charge in [0, 0.05) is 28.2 Å². The molecule has 0 aliphatic rings. The molecule has 4 nitrogen and oxygen atoms in total. The summed E-state index contributed by atoms with van der Waals surface area (Å²) < 4.78 is 6.11. The predicted octanol–water partition coefficient (Wildman–Crippen LogP) is 4.98. The molecule has 2 aromatic rings. The van der Waals surface area contributed by atoms with Crippen molar-refractivity contribution in [1.82, 2.24) is 0 Å². The van der Waals surface area contributed by atoms with E-state index in [1.165, 1.54) is 11.1 Å². The number of benzene rings is 2. The highest BCUT2D eigenvalue weighted by molar-refractivity contribution is 9.15. The van der Waals surface area contributed by atoms with Crippen molar-refractivity contribution < 1.29 is 14.6 Å². The lowest BCUT2D eigenvalue weighted by Crippen LogP contribution is -2.24. The maximum Gasteiger partial charge on any atom is 0.147 e. The van der Waals surface area contributed by atoms with Crippen molar-refractivity contribution in [2.75, 3.05) is 18.7 Å². The van der Waals surface area contributed by atoms with Gasteiger partial charge in [-0.1, -0.05) is 25.1 Å². The maximum atomic E-state index is 11.4. The number of carbonyl (C=O) groups excluding carboxylic acids is 1. The van der Waals surface area contributed by atoms with Gasteiger partial charge in [-0.2, -0.15) is 0 Å². The zero-order valence-corrected chi connectivity index (χ0v) is 17.8. The smallest absolute Gasteiger partial charge is 0.147 e. The number of anilines is 1. The zero-order chi connectivity index (χ0) is 20.0. The number of carbonyl (C=O) groups is 1. The van der Waals surface area contributed by atoms with Crippen molar-refractivity contribution in [2.24, 2.45) is 0 Å². The van der Waals surface area contributed by atoms with Crippen LogP contribution in [0.4, 0.5) is 5.69 Å². The molecule has 0 aromatic heterocycles. The van der Waals surface area contributed by atoms with Gasteiger partial charge in [0.05, 0.1) is 12.8 Å². The molecule has 0 fully saturated rings. The van der Waals surface area contributed by atoms with Crippen LogP contribution in [0, 0.1) is 13.8 Å². The van der Waals surface area contributed by atoms with Crippen molar-refractivity contribution >= 4 is 32.4 Å². The number of hydrogen-bond acceptors (Lipinski definition) is 4. The van der Waals surface area contributed by atoms with Crippen molar-refractivity contribution in [3.63, 3.8) is 0 Å². The van der Waals surface area contributed by atoms with E-state index in [2.05, 4.69) is 48.0 Å². The molecule has 1 N–H and O–H groups in total. The Kier molecular flexibility index (Phi) is 7.63. The average molecular weight is 432 g/mol. The Labute approximate surface area is 169 Å². The molecule has 0 heterocycles. The number of rotatable bonds is 8. The van der Waals surface area contributed by atoms with E-state index < -0.39 is 0 Å². The van der Waals surface area contributed by atoms with E-state index in [9.17, 15) is 9.90 Å². The van der Waals surface area contributed by atoms with Gasteiger partial charge in [-0.15, -0.1) is 0 Å². The van der Waals surface area contributed by atoms with E-state index in [1.807, 2.05) is 30.0 Å². The predicted molar refractivity (Wildman–Crippen MR) is 114 cm³/mol. The van der Waals surface area contributed by atoms with Crippen molar-refractivity contribution in [2.45, 2.75) is 33.7 Å². The summed E-state index contributed by atoms with van der Waals surface area (Å²) >= 11 is 3.57. The van der Waals surface area contributed by atoms with E-state index >= 15 is 0 Å². The van der Waals surface area contributed by atoms with Crippen LogP contribution in [0.3, 0.4) is 0 Å². The van der Waals surface area contributed by atoms with Crippen LogP contribution in [0.25, 0.3) is 4.48 Å². The minimum Gasteiger partial charge on any atom is -0.497 e. The minimum atomic E-state index is -0.157.